The van der Waals surface area contributed by atoms with Crippen LogP contribution in [-0.4, -0.2) is 61.5 Å². The molecule has 1 saturated heterocycles. The first-order valence-electron chi connectivity index (χ1n) is 12.6. The van der Waals surface area contributed by atoms with E-state index in [2.05, 4.69) is 25.7 Å². The zero-order valence-corrected chi connectivity index (χ0v) is 21.0. The number of ether oxygens (including phenoxy) is 1. The largest absolute Gasteiger partial charge is 0.444 e. The summed E-state index contributed by atoms with van der Waals surface area (Å²) < 4.78 is 7.32. The first-order valence-corrected chi connectivity index (χ1v) is 12.6. The predicted molar refractivity (Wildman–Crippen MR) is 136 cm³/mol. The Morgan fingerprint density at radius 3 is 2.61 bits per heavy atom. The SMILES string of the molecule is CC(C)(C)OC(=O)N1CC(Cn2cc(-c3cnc4ccc(NC(=O)NC5CCCC5)nc4c3)cn2)C1. The lowest BCUT2D eigenvalue weighted by Gasteiger charge is -2.39. The smallest absolute Gasteiger partial charge is 0.410 e. The van der Waals surface area contributed by atoms with E-state index in [1.807, 2.05) is 50.0 Å². The normalized spacial score (nSPS) is 16.7. The molecule has 10 nitrogen and oxygen atoms in total. The fourth-order valence-corrected chi connectivity index (χ4v) is 4.68. The molecule has 36 heavy (non-hydrogen) atoms. The number of carbonyl (C=O) groups excluding carboxylic acids is 2. The summed E-state index contributed by atoms with van der Waals surface area (Å²) >= 11 is 0. The topological polar surface area (TPSA) is 114 Å². The van der Waals surface area contributed by atoms with Crippen LogP contribution in [0.3, 0.4) is 0 Å². The molecular formula is C26H33N7O3. The first kappa shape index (κ1) is 24.0. The second kappa shape index (κ2) is 9.75. The van der Waals surface area contributed by atoms with E-state index in [-0.39, 0.29) is 18.2 Å². The molecule has 0 atom stereocenters. The summed E-state index contributed by atoms with van der Waals surface area (Å²) in [7, 11) is 0. The highest BCUT2D eigenvalue weighted by molar-refractivity contribution is 5.90. The van der Waals surface area contributed by atoms with Crippen LogP contribution >= 0.6 is 0 Å². The number of amides is 3. The summed E-state index contributed by atoms with van der Waals surface area (Å²) in [5.41, 5.74) is 2.81. The van der Waals surface area contributed by atoms with Crippen LogP contribution in [0.15, 0.2) is 36.8 Å². The molecule has 5 rings (SSSR count). The summed E-state index contributed by atoms with van der Waals surface area (Å²) in [5, 5.41) is 10.4. The molecule has 0 bridgehead atoms. The van der Waals surface area contributed by atoms with E-state index in [0.717, 1.165) is 48.9 Å². The van der Waals surface area contributed by atoms with E-state index in [9.17, 15) is 9.59 Å². The zero-order valence-electron chi connectivity index (χ0n) is 21.0. The lowest BCUT2D eigenvalue weighted by atomic mass is 10.0. The Labute approximate surface area is 210 Å². The number of hydrogen-bond acceptors (Lipinski definition) is 6. The van der Waals surface area contributed by atoms with E-state index in [1.165, 1.54) is 0 Å². The predicted octanol–water partition coefficient (Wildman–Crippen LogP) is 4.42. The molecule has 3 aromatic heterocycles. The molecule has 1 saturated carbocycles. The first-order chi connectivity index (χ1) is 17.2. The third-order valence-electron chi connectivity index (χ3n) is 6.49. The molecular weight excluding hydrogens is 458 g/mol. The number of likely N-dealkylation sites (tertiary alicyclic amines) is 1. The van der Waals surface area contributed by atoms with Crippen LogP contribution in [0, 0.1) is 5.92 Å². The number of aromatic nitrogens is 4. The summed E-state index contributed by atoms with van der Waals surface area (Å²) in [5.74, 6) is 0.831. The Kier molecular flexibility index (Phi) is 6.51. The molecule has 4 heterocycles. The Bertz CT molecular complexity index is 1250. The second-order valence-corrected chi connectivity index (χ2v) is 10.7. The van der Waals surface area contributed by atoms with Crippen LogP contribution < -0.4 is 10.6 Å². The van der Waals surface area contributed by atoms with Gasteiger partial charge in [-0.05, 0) is 51.8 Å². The van der Waals surface area contributed by atoms with Gasteiger partial charge in [0.25, 0.3) is 0 Å². The molecule has 0 spiro atoms. The quantitative estimate of drug-likeness (QED) is 0.546. The molecule has 190 valence electrons. The van der Waals surface area contributed by atoms with Crippen molar-refractivity contribution in [3.8, 4) is 11.1 Å². The van der Waals surface area contributed by atoms with Crippen molar-refractivity contribution in [3.63, 3.8) is 0 Å². The van der Waals surface area contributed by atoms with Crippen LogP contribution in [-0.2, 0) is 11.3 Å². The Morgan fingerprint density at radius 2 is 1.86 bits per heavy atom. The van der Waals surface area contributed by atoms with Crippen molar-refractivity contribution >= 4 is 29.0 Å². The minimum atomic E-state index is -0.486. The van der Waals surface area contributed by atoms with E-state index in [1.54, 1.807) is 17.2 Å². The van der Waals surface area contributed by atoms with Gasteiger partial charge in [-0.2, -0.15) is 5.10 Å². The summed E-state index contributed by atoms with van der Waals surface area (Å²) in [6.45, 7) is 7.66. The highest BCUT2D eigenvalue weighted by atomic mass is 16.6. The van der Waals surface area contributed by atoms with Gasteiger partial charge in [-0.3, -0.25) is 15.0 Å². The highest BCUT2D eigenvalue weighted by Crippen LogP contribution is 2.25. The van der Waals surface area contributed by atoms with E-state index >= 15 is 0 Å². The number of fused-ring (bicyclic) bond motifs is 1. The number of pyridine rings is 2. The van der Waals surface area contributed by atoms with Crippen LogP contribution in [0.4, 0.5) is 15.4 Å². The van der Waals surface area contributed by atoms with Gasteiger partial charge in [0.15, 0.2) is 0 Å². The average molecular weight is 492 g/mol. The summed E-state index contributed by atoms with van der Waals surface area (Å²) in [6.07, 6.45) is 9.72. The molecule has 2 N–H and O–H groups in total. The van der Waals surface area contributed by atoms with Gasteiger partial charge in [0.2, 0.25) is 0 Å². The minimum Gasteiger partial charge on any atom is -0.444 e. The van der Waals surface area contributed by atoms with Gasteiger partial charge in [0, 0.05) is 55.1 Å². The van der Waals surface area contributed by atoms with Crippen LogP contribution in [0.1, 0.15) is 46.5 Å². The molecule has 10 heteroatoms. The number of hydrogen-bond donors (Lipinski definition) is 2. The number of nitrogens with zero attached hydrogens (tertiary/aromatic N) is 5. The van der Waals surface area contributed by atoms with Gasteiger partial charge in [0.1, 0.15) is 11.4 Å². The Balaban J connectivity index is 1.20. The lowest BCUT2D eigenvalue weighted by Crippen LogP contribution is -2.52. The zero-order chi connectivity index (χ0) is 25.3. The van der Waals surface area contributed by atoms with Gasteiger partial charge in [-0.1, -0.05) is 12.8 Å². The van der Waals surface area contributed by atoms with Crippen molar-refractivity contribution in [3.05, 3.63) is 36.8 Å². The van der Waals surface area contributed by atoms with Crippen molar-refractivity contribution < 1.29 is 14.3 Å². The highest BCUT2D eigenvalue weighted by Gasteiger charge is 2.34. The van der Waals surface area contributed by atoms with E-state index < -0.39 is 5.60 Å². The van der Waals surface area contributed by atoms with Crippen LogP contribution in [0.25, 0.3) is 22.2 Å². The maximum Gasteiger partial charge on any atom is 0.410 e. The van der Waals surface area contributed by atoms with Gasteiger partial charge >= 0.3 is 12.1 Å². The fourth-order valence-electron chi connectivity index (χ4n) is 4.68. The van der Waals surface area contributed by atoms with Crippen molar-refractivity contribution in [1.29, 1.82) is 0 Å². The summed E-state index contributed by atoms with van der Waals surface area (Å²) in [4.78, 5) is 35.3. The number of rotatable bonds is 5. The minimum absolute atomic E-state index is 0.222. The van der Waals surface area contributed by atoms with E-state index in [4.69, 9.17) is 4.74 Å². The van der Waals surface area contributed by atoms with Gasteiger partial charge in [-0.25, -0.2) is 14.6 Å². The Morgan fingerprint density at radius 1 is 1.08 bits per heavy atom. The molecule has 1 aliphatic carbocycles. The average Bonchev–Trinajstić information content (AvgIpc) is 3.46. The standard InChI is InChI=1S/C26H33N7O3/c1-26(2,3)36-25(35)32-13-17(14-32)15-33-16-19(12-28-33)18-10-22-21(27-11-18)8-9-23(30-22)31-24(34)29-20-6-4-5-7-20/h8-12,16-17,20H,4-7,13-15H2,1-3H3,(H2,29,30,31,34). The second-order valence-electron chi connectivity index (χ2n) is 10.7. The summed E-state index contributed by atoms with van der Waals surface area (Å²) in [6, 6.07) is 5.60. The molecule has 0 aromatic carbocycles. The van der Waals surface area contributed by atoms with Crippen molar-refractivity contribution in [2.75, 3.05) is 18.4 Å². The fraction of sp³-hybridized carbons (Fsp3) is 0.500. The van der Waals surface area contributed by atoms with Crippen LogP contribution in [0.2, 0.25) is 0 Å². The number of anilines is 1. The molecule has 3 amide bonds. The van der Waals surface area contributed by atoms with Gasteiger partial charge < -0.3 is 15.0 Å². The lowest BCUT2D eigenvalue weighted by molar-refractivity contribution is -0.00383. The van der Waals surface area contributed by atoms with Crippen molar-refractivity contribution in [1.82, 2.24) is 30.0 Å². The van der Waals surface area contributed by atoms with Crippen molar-refractivity contribution in [2.45, 2.75) is 64.6 Å². The number of urea groups is 1. The molecule has 1 aliphatic heterocycles. The van der Waals surface area contributed by atoms with E-state index in [0.29, 0.717) is 30.3 Å². The molecule has 2 fully saturated rings. The molecule has 2 aliphatic rings. The maximum absolute atomic E-state index is 12.3. The third kappa shape index (κ3) is 5.75. The van der Waals surface area contributed by atoms with Gasteiger partial charge in [0.05, 0.1) is 17.2 Å². The Hall–Kier alpha value is -3.69. The number of nitrogens with one attached hydrogen (secondary N) is 2. The molecule has 0 unspecified atom stereocenters. The molecule has 3 aromatic rings. The maximum atomic E-state index is 12.3. The molecule has 0 radical (unpaired) electrons. The third-order valence-corrected chi connectivity index (χ3v) is 6.49. The van der Waals surface area contributed by atoms with Crippen molar-refractivity contribution in [2.24, 2.45) is 5.92 Å². The number of carbonyl (C=O) groups is 2. The van der Waals surface area contributed by atoms with Gasteiger partial charge in [-0.15, -0.1) is 0 Å². The monoisotopic (exact) mass is 491 g/mol. The van der Waals surface area contributed by atoms with Crippen LogP contribution in [0.5, 0.6) is 0 Å².